The van der Waals surface area contributed by atoms with Gasteiger partial charge in [-0.3, -0.25) is 0 Å². The van der Waals surface area contributed by atoms with Crippen LogP contribution in [0.2, 0.25) is 0 Å². The van der Waals surface area contributed by atoms with Gasteiger partial charge in [-0.1, -0.05) is 18.2 Å². The Kier molecular flexibility index (Phi) is 6.50. The lowest BCUT2D eigenvalue weighted by molar-refractivity contribution is 0.193. The first kappa shape index (κ1) is 15.6. The van der Waals surface area contributed by atoms with E-state index in [4.69, 9.17) is 10.00 Å². The highest BCUT2D eigenvalue weighted by molar-refractivity contribution is 7.88. The molecule has 0 saturated heterocycles. The van der Waals surface area contributed by atoms with Crippen LogP contribution in [0.15, 0.2) is 24.3 Å². The van der Waals surface area contributed by atoms with Crippen LogP contribution < -0.4 is 4.72 Å². The second kappa shape index (κ2) is 7.89. The zero-order valence-electron chi connectivity index (χ0n) is 10.9. The first-order chi connectivity index (χ1) is 9.09. The molecular formula is C13H18N2O3S. The predicted molar refractivity (Wildman–Crippen MR) is 72.9 cm³/mol. The molecule has 19 heavy (non-hydrogen) atoms. The van der Waals surface area contributed by atoms with Crippen molar-refractivity contribution in [2.75, 3.05) is 20.3 Å². The largest absolute Gasteiger partial charge is 0.385 e. The van der Waals surface area contributed by atoms with Gasteiger partial charge in [0.1, 0.15) is 0 Å². The molecule has 0 bridgehead atoms. The normalized spacial score (nSPS) is 11.2. The fraction of sp³-hybridized carbons (Fsp3) is 0.462. The van der Waals surface area contributed by atoms with E-state index in [0.29, 0.717) is 24.3 Å². The van der Waals surface area contributed by atoms with E-state index >= 15 is 0 Å². The molecule has 6 heteroatoms. The van der Waals surface area contributed by atoms with Crippen molar-refractivity contribution >= 4 is 10.0 Å². The third-order valence-corrected chi connectivity index (χ3v) is 3.92. The number of benzene rings is 1. The lowest BCUT2D eigenvalue weighted by atomic mass is 10.1. The number of nitriles is 1. The molecule has 0 amide bonds. The number of hydrogen-bond donors (Lipinski definition) is 1. The van der Waals surface area contributed by atoms with Gasteiger partial charge < -0.3 is 4.74 Å². The topological polar surface area (TPSA) is 79.2 Å². The first-order valence-electron chi connectivity index (χ1n) is 6.03. The van der Waals surface area contributed by atoms with E-state index in [1.54, 1.807) is 31.4 Å². The summed E-state index contributed by atoms with van der Waals surface area (Å²) in [5.41, 5.74) is 0.918. The molecule has 1 aromatic carbocycles. The Morgan fingerprint density at radius 1 is 1.32 bits per heavy atom. The van der Waals surface area contributed by atoms with Gasteiger partial charge in [0.2, 0.25) is 10.0 Å². The summed E-state index contributed by atoms with van der Waals surface area (Å²) in [5.74, 6) is -0.166. The minimum absolute atomic E-state index is 0.166. The molecule has 0 aromatic heterocycles. The summed E-state index contributed by atoms with van der Waals surface area (Å²) in [6, 6.07) is 8.70. The second-order valence-electron chi connectivity index (χ2n) is 4.12. The molecule has 104 valence electrons. The number of rotatable bonds is 8. The Balaban J connectivity index is 2.53. The van der Waals surface area contributed by atoms with Crippen LogP contribution in [0.1, 0.15) is 24.0 Å². The minimum Gasteiger partial charge on any atom is -0.385 e. The number of methoxy groups -OCH3 is 1. The summed E-state index contributed by atoms with van der Waals surface area (Å²) in [7, 11) is -1.78. The predicted octanol–water partition coefficient (Wildman–Crippen LogP) is 1.40. The Bertz CT molecular complexity index is 535. The van der Waals surface area contributed by atoms with E-state index in [-0.39, 0.29) is 5.75 Å². The average Bonchev–Trinajstić information content (AvgIpc) is 2.38. The van der Waals surface area contributed by atoms with Crippen molar-refractivity contribution in [1.82, 2.24) is 4.72 Å². The molecule has 0 unspecified atom stereocenters. The monoisotopic (exact) mass is 282 g/mol. The van der Waals surface area contributed by atoms with Gasteiger partial charge in [-0.15, -0.1) is 0 Å². The number of unbranched alkanes of at least 4 members (excludes halogenated alkanes) is 1. The average molecular weight is 282 g/mol. The molecule has 0 atom stereocenters. The van der Waals surface area contributed by atoms with Gasteiger partial charge in [0, 0.05) is 20.3 Å². The molecule has 0 aliphatic heterocycles. The van der Waals surface area contributed by atoms with E-state index in [9.17, 15) is 8.42 Å². The SMILES string of the molecule is COCCCCNS(=O)(=O)Cc1ccccc1C#N. The van der Waals surface area contributed by atoms with Gasteiger partial charge in [-0.2, -0.15) is 5.26 Å². The fourth-order valence-electron chi connectivity index (χ4n) is 1.61. The van der Waals surface area contributed by atoms with Crippen LogP contribution in [0.25, 0.3) is 0 Å². The Morgan fingerprint density at radius 2 is 2.05 bits per heavy atom. The lowest BCUT2D eigenvalue weighted by Gasteiger charge is -2.07. The molecule has 0 radical (unpaired) electrons. The zero-order valence-corrected chi connectivity index (χ0v) is 11.7. The van der Waals surface area contributed by atoms with Crippen LogP contribution >= 0.6 is 0 Å². The Hall–Kier alpha value is -1.42. The summed E-state index contributed by atoms with van der Waals surface area (Å²) in [5, 5.41) is 8.91. The molecular weight excluding hydrogens is 264 g/mol. The molecule has 0 spiro atoms. The fourth-order valence-corrected chi connectivity index (χ4v) is 2.83. The molecule has 1 N–H and O–H groups in total. The number of nitrogens with one attached hydrogen (secondary N) is 1. The van der Waals surface area contributed by atoms with E-state index in [2.05, 4.69) is 4.72 Å². The van der Waals surface area contributed by atoms with Crippen LogP contribution in [0, 0.1) is 11.3 Å². The van der Waals surface area contributed by atoms with Gasteiger partial charge in [-0.05, 0) is 24.5 Å². The number of nitrogens with zero attached hydrogens (tertiary/aromatic N) is 1. The summed E-state index contributed by atoms with van der Waals surface area (Å²) >= 11 is 0. The smallest absolute Gasteiger partial charge is 0.215 e. The van der Waals surface area contributed by atoms with Crippen LogP contribution in [0.3, 0.4) is 0 Å². The van der Waals surface area contributed by atoms with Gasteiger partial charge >= 0.3 is 0 Å². The van der Waals surface area contributed by atoms with E-state index in [1.807, 2.05) is 6.07 Å². The number of hydrogen-bond acceptors (Lipinski definition) is 4. The summed E-state index contributed by atoms with van der Waals surface area (Å²) in [4.78, 5) is 0. The maximum Gasteiger partial charge on any atom is 0.215 e. The van der Waals surface area contributed by atoms with E-state index in [1.165, 1.54) is 0 Å². The molecule has 0 fully saturated rings. The van der Waals surface area contributed by atoms with Crippen molar-refractivity contribution in [3.8, 4) is 6.07 Å². The van der Waals surface area contributed by atoms with Gasteiger partial charge in [-0.25, -0.2) is 13.1 Å². The van der Waals surface area contributed by atoms with Crippen molar-refractivity contribution in [1.29, 1.82) is 5.26 Å². The maximum atomic E-state index is 11.8. The zero-order chi connectivity index (χ0) is 14.1. The third-order valence-electron chi connectivity index (χ3n) is 2.58. The van der Waals surface area contributed by atoms with Gasteiger partial charge in [0.25, 0.3) is 0 Å². The highest BCUT2D eigenvalue weighted by atomic mass is 32.2. The molecule has 0 saturated carbocycles. The van der Waals surface area contributed by atoms with E-state index in [0.717, 1.165) is 12.8 Å². The summed E-state index contributed by atoms with van der Waals surface area (Å²) in [6.45, 7) is 1.01. The highest BCUT2D eigenvalue weighted by Gasteiger charge is 2.13. The maximum absolute atomic E-state index is 11.8. The van der Waals surface area contributed by atoms with E-state index < -0.39 is 10.0 Å². The molecule has 0 aliphatic rings. The molecule has 1 aromatic rings. The van der Waals surface area contributed by atoms with Crippen LogP contribution in [0.4, 0.5) is 0 Å². The number of sulfonamides is 1. The standard InChI is InChI=1S/C13H18N2O3S/c1-18-9-5-4-8-15-19(16,17)11-13-7-3-2-6-12(13)10-14/h2-3,6-7,15H,4-5,8-9,11H2,1H3. The van der Waals surface area contributed by atoms with Crippen molar-refractivity contribution in [3.05, 3.63) is 35.4 Å². The summed E-state index contributed by atoms with van der Waals surface area (Å²) in [6.07, 6.45) is 1.54. The molecule has 0 aliphatic carbocycles. The van der Waals surface area contributed by atoms with Crippen molar-refractivity contribution in [2.45, 2.75) is 18.6 Å². The van der Waals surface area contributed by atoms with Gasteiger partial charge in [0.15, 0.2) is 0 Å². The first-order valence-corrected chi connectivity index (χ1v) is 7.68. The van der Waals surface area contributed by atoms with Crippen molar-refractivity contribution < 1.29 is 13.2 Å². The lowest BCUT2D eigenvalue weighted by Crippen LogP contribution is -2.26. The highest BCUT2D eigenvalue weighted by Crippen LogP contribution is 2.10. The molecule has 0 heterocycles. The van der Waals surface area contributed by atoms with Gasteiger partial charge in [0.05, 0.1) is 17.4 Å². The van der Waals surface area contributed by atoms with Crippen molar-refractivity contribution in [2.24, 2.45) is 0 Å². The minimum atomic E-state index is -3.40. The quantitative estimate of drug-likeness (QED) is 0.731. The number of ether oxygens (including phenoxy) is 1. The van der Waals surface area contributed by atoms with Crippen LogP contribution in [-0.2, 0) is 20.5 Å². The third kappa shape index (κ3) is 5.83. The van der Waals surface area contributed by atoms with Crippen molar-refractivity contribution in [3.63, 3.8) is 0 Å². The molecule has 1 rings (SSSR count). The second-order valence-corrected chi connectivity index (χ2v) is 5.93. The summed E-state index contributed by atoms with van der Waals surface area (Å²) < 4.78 is 31.1. The molecule has 5 nitrogen and oxygen atoms in total. The Morgan fingerprint density at radius 3 is 2.74 bits per heavy atom. The van der Waals surface area contributed by atoms with Crippen LogP contribution in [-0.4, -0.2) is 28.7 Å². The Labute approximate surface area is 114 Å². The van der Waals surface area contributed by atoms with Crippen LogP contribution in [0.5, 0.6) is 0 Å².